The Kier molecular flexibility index (Phi) is 10.6. The highest BCUT2D eigenvalue weighted by molar-refractivity contribution is 8.18. The maximum Gasteiger partial charge on any atom is 0.312 e. The minimum absolute atomic E-state index is 0.0345. The molecule has 248 valence electrons. The molecule has 2 heterocycles. The van der Waals surface area contributed by atoms with Gasteiger partial charge in [0.25, 0.3) is 8.32 Å². The molecule has 0 radical (unpaired) electrons. The van der Waals surface area contributed by atoms with Gasteiger partial charge in [0.1, 0.15) is 12.4 Å². The first-order valence-corrected chi connectivity index (χ1v) is 20.6. The summed E-state index contributed by atoms with van der Waals surface area (Å²) >= 11 is 3.65. The lowest BCUT2D eigenvalue weighted by Crippen LogP contribution is -2.44. The smallest absolute Gasteiger partial charge is 0.312 e. The summed E-state index contributed by atoms with van der Waals surface area (Å²) in [6, 6.07) is 21.4. The van der Waals surface area contributed by atoms with Gasteiger partial charge in [0.2, 0.25) is 0 Å². The van der Waals surface area contributed by atoms with Crippen LogP contribution in [0.2, 0.25) is 18.1 Å². The second-order valence-corrected chi connectivity index (χ2v) is 21.0. The van der Waals surface area contributed by atoms with Gasteiger partial charge in [-0.25, -0.2) is 0 Å². The average Bonchev–Trinajstić information content (AvgIpc) is 3.45. The third kappa shape index (κ3) is 7.05. The average molecular weight is 683 g/mol. The second kappa shape index (κ2) is 14.1. The quantitative estimate of drug-likeness (QED) is 0.159. The van der Waals surface area contributed by atoms with E-state index in [-0.39, 0.29) is 17.6 Å². The Balaban J connectivity index is 1.45. The van der Waals surface area contributed by atoms with Gasteiger partial charge in [-0.1, -0.05) is 63.2 Å². The Hall–Kier alpha value is -2.79. The molecule has 10 heteroatoms. The molecule has 0 aromatic heterocycles. The lowest BCUT2D eigenvalue weighted by atomic mass is 9.82. The first-order valence-electron chi connectivity index (χ1n) is 15.7. The number of rotatable bonds is 11. The molecule has 2 aliphatic heterocycles. The molecule has 3 aromatic carbocycles. The maximum absolute atomic E-state index is 13.4. The number of hydrogen-bond donors (Lipinski definition) is 1. The molecule has 3 aromatic rings. The van der Waals surface area contributed by atoms with Gasteiger partial charge in [0.05, 0.1) is 36.9 Å². The van der Waals surface area contributed by atoms with Gasteiger partial charge >= 0.3 is 5.97 Å². The molecule has 1 unspecified atom stereocenters. The minimum atomic E-state index is -2.11. The zero-order chi connectivity index (χ0) is 33.1. The van der Waals surface area contributed by atoms with Crippen LogP contribution in [0, 0.1) is 11.8 Å². The zero-order valence-corrected chi connectivity index (χ0v) is 30.5. The van der Waals surface area contributed by atoms with Crippen molar-refractivity contribution in [2.45, 2.75) is 62.1 Å². The van der Waals surface area contributed by atoms with Crippen molar-refractivity contribution >= 4 is 37.8 Å². The summed E-state index contributed by atoms with van der Waals surface area (Å²) in [6.07, 6.45) is -0.0304. The summed E-state index contributed by atoms with van der Waals surface area (Å²) in [7, 11) is 1.13. The zero-order valence-electron chi connectivity index (χ0n) is 27.8. The number of benzene rings is 3. The van der Waals surface area contributed by atoms with Gasteiger partial charge in [0, 0.05) is 5.92 Å². The molecule has 2 saturated heterocycles. The number of methoxy groups -OCH3 is 2. The highest BCUT2D eigenvalue weighted by atomic mass is 32.2. The van der Waals surface area contributed by atoms with E-state index in [9.17, 15) is 9.90 Å². The summed E-state index contributed by atoms with van der Waals surface area (Å²) in [5.74, 6) is 2.89. The summed E-state index contributed by atoms with van der Waals surface area (Å²) in [4.78, 5) is 13.4. The van der Waals surface area contributed by atoms with Crippen LogP contribution in [0.25, 0.3) is 0 Å². The molecule has 2 fully saturated rings. The van der Waals surface area contributed by atoms with Crippen LogP contribution in [0.4, 0.5) is 0 Å². The van der Waals surface area contributed by atoms with E-state index in [0.29, 0.717) is 29.4 Å². The number of esters is 1. The molecule has 5 rings (SSSR count). The highest BCUT2D eigenvalue weighted by Crippen LogP contribution is 2.61. The van der Waals surface area contributed by atoms with Crippen molar-refractivity contribution in [2.75, 3.05) is 32.3 Å². The van der Waals surface area contributed by atoms with Gasteiger partial charge in [-0.2, -0.15) is 0 Å². The number of aliphatic hydroxyl groups excluding tert-OH is 1. The van der Waals surface area contributed by atoms with Crippen LogP contribution in [-0.4, -0.2) is 51.7 Å². The fourth-order valence-corrected chi connectivity index (χ4v) is 10.4. The van der Waals surface area contributed by atoms with E-state index in [2.05, 4.69) is 46.0 Å². The first kappa shape index (κ1) is 34.5. The number of thioether (sulfide) groups is 2. The van der Waals surface area contributed by atoms with E-state index in [1.807, 2.05) is 59.9 Å². The summed E-state index contributed by atoms with van der Waals surface area (Å²) in [5, 5.41) is 11.9. The minimum Gasteiger partial charge on any atom is -0.541 e. The third-order valence-electron chi connectivity index (χ3n) is 9.36. The van der Waals surface area contributed by atoms with Crippen molar-refractivity contribution < 1.29 is 33.3 Å². The van der Waals surface area contributed by atoms with Gasteiger partial charge in [-0.05, 0) is 77.0 Å². The third-order valence-corrected chi connectivity index (χ3v) is 17.3. The van der Waals surface area contributed by atoms with Crippen molar-refractivity contribution in [1.82, 2.24) is 0 Å². The van der Waals surface area contributed by atoms with E-state index in [1.54, 1.807) is 32.4 Å². The fraction of sp³-hybridized carbons (Fsp3) is 0.472. The van der Waals surface area contributed by atoms with E-state index in [4.69, 9.17) is 23.4 Å². The molecule has 3 atom stereocenters. The molecule has 0 bridgehead atoms. The van der Waals surface area contributed by atoms with E-state index in [0.717, 1.165) is 34.8 Å². The Morgan fingerprint density at radius 2 is 1.59 bits per heavy atom. The van der Waals surface area contributed by atoms with Crippen LogP contribution in [0.1, 0.15) is 50.0 Å². The maximum atomic E-state index is 13.4. The largest absolute Gasteiger partial charge is 0.541 e. The normalized spacial score (nSPS) is 20.5. The number of aliphatic hydroxyl groups is 1. The van der Waals surface area contributed by atoms with Crippen LogP contribution in [0.3, 0.4) is 0 Å². The molecule has 2 aliphatic rings. The monoisotopic (exact) mass is 682 g/mol. The van der Waals surface area contributed by atoms with Gasteiger partial charge in [0.15, 0.2) is 17.2 Å². The van der Waals surface area contributed by atoms with E-state index >= 15 is 0 Å². The molecule has 0 saturated carbocycles. The summed E-state index contributed by atoms with van der Waals surface area (Å²) in [6.45, 7) is 11.7. The topological polar surface area (TPSA) is 83.5 Å². The van der Waals surface area contributed by atoms with E-state index in [1.165, 1.54) is 0 Å². The van der Waals surface area contributed by atoms with Gasteiger partial charge < -0.3 is 28.5 Å². The van der Waals surface area contributed by atoms with Crippen molar-refractivity contribution in [3.05, 3.63) is 83.4 Å². The number of hydrogen-bond acceptors (Lipinski definition) is 9. The molecule has 7 nitrogen and oxygen atoms in total. The predicted octanol–water partition coefficient (Wildman–Crippen LogP) is 8.21. The number of ether oxygens (including phenoxy) is 4. The van der Waals surface area contributed by atoms with E-state index < -0.39 is 30.4 Å². The van der Waals surface area contributed by atoms with Crippen LogP contribution >= 0.6 is 23.5 Å². The molecule has 1 N–H and O–H groups in total. The van der Waals surface area contributed by atoms with Crippen LogP contribution < -0.4 is 18.6 Å². The number of carbonyl (C=O) groups excluding carboxylic acids is 1. The Bertz CT molecular complexity index is 1500. The van der Waals surface area contributed by atoms with Crippen molar-refractivity contribution in [1.29, 1.82) is 0 Å². The molecule has 0 aliphatic carbocycles. The van der Waals surface area contributed by atoms with Crippen LogP contribution in [-0.2, 0) is 20.2 Å². The van der Waals surface area contributed by atoms with Crippen molar-refractivity contribution in [3.63, 3.8) is 0 Å². The van der Waals surface area contributed by atoms with Gasteiger partial charge in [-0.3, -0.25) is 4.79 Å². The lowest BCUT2D eigenvalue weighted by molar-refractivity contribution is -0.144. The molecular formula is C36H46O7S2Si. The Labute approximate surface area is 282 Å². The molecule has 46 heavy (non-hydrogen) atoms. The summed E-state index contributed by atoms with van der Waals surface area (Å²) < 4.78 is 29.5. The Morgan fingerprint density at radius 1 is 0.935 bits per heavy atom. The van der Waals surface area contributed by atoms with Crippen molar-refractivity contribution in [3.8, 4) is 23.0 Å². The highest BCUT2D eigenvalue weighted by Gasteiger charge is 2.55. The lowest BCUT2D eigenvalue weighted by Gasteiger charge is -2.43. The summed E-state index contributed by atoms with van der Waals surface area (Å²) in [5.41, 5.74) is 2.65. The van der Waals surface area contributed by atoms with Crippen LogP contribution in [0.15, 0.2) is 66.7 Å². The van der Waals surface area contributed by atoms with Crippen LogP contribution in [0.5, 0.6) is 23.0 Å². The molecule has 0 amide bonds. The fourth-order valence-electron chi connectivity index (χ4n) is 5.70. The first-order chi connectivity index (χ1) is 21.9. The predicted molar refractivity (Wildman–Crippen MR) is 189 cm³/mol. The molecule has 0 spiro atoms. The van der Waals surface area contributed by atoms with Crippen molar-refractivity contribution in [2.24, 2.45) is 11.8 Å². The Morgan fingerprint density at radius 3 is 2.24 bits per heavy atom. The van der Waals surface area contributed by atoms with Gasteiger partial charge in [-0.15, -0.1) is 23.5 Å². The SMILES string of the molecule is COc1cc(C(O)[C@H]2C(=O)OC[C@@H]2C2(c3ccc(O[Si](C)(C)C(C)(C)C)c(OC)c3)SCCCS2)ccc1OCc1ccccc1. The second-order valence-electron chi connectivity index (χ2n) is 13.3. The standard InChI is InChI=1S/C36H46O7S2Si/c1-35(2,3)46(6,7)43-29-17-15-26(21-31(29)40-5)36(44-18-11-19-45-36)27-23-42-34(38)32(27)33(37)25-14-16-28(30(20-25)39-4)41-22-24-12-9-8-10-13-24/h8-10,12-17,20-21,27,32-33,37H,11,18-19,22-23H2,1-7H3/t27-,32-,33?/m0/s1. The number of cyclic esters (lactones) is 1. The number of carbonyl (C=O) groups is 1. The molecular weight excluding hydrogens is 637 g/mol.